The van der Waals surface area contributed by atoms with Crippen LogP contribution in [-0.4, -0.2) is 10.2 Å². The third kappa shape index (κ3) is 7.97. The van der Waals surface area contributed by atoms with Gasteiger partial charge in [0, 0.05) is 0 Å². The van der Waals surface area contributed by atoms with Crippen LogP contribution in [0.15, 0.2) is 60.7 Å². The summed E-state index contributed by atoms with van der Waals surface area (Å²) in [4.78, 5) is 0. The van der Waals surface area contributed by atoms with Gasteiger partial charge in [-0.2, -0.15) is 0 Å². The van der Waals surface area contributed by atoms with Crippen LogP contribution in [0, 0.1) is 0 Å². The van der Waals surface area contributed by atoms with Gasteiger partial charge in [-0.1, -0.05) is 36.4 Å². The van der Waals surface area contributed by atoms with Gasteiger partial charge in [-0.3, -0.25) is 0 Å². The Labute approximate surface area is 107 Å². The van der Waals surface area contributed by atoms with E-state index in [4.69, 9.17) is 10.2 Å². The third-order valence-corrected chi connectivity index (χ3v) is 1.51. The van der Waals surface area contributed by atoms with Gasteiger partial charge in [-0.15, -0.1) is 24.8 Å². The first-order valence-corrected chi connectivity index (χ1v) is 4.27. The molecule has 4 heteroatoms. The zero-order valence-corrected chi connectivity index (χ0v) is 10.1. The molecule has 0 aliphatic rings. The standard InChI is InChI=1S/2C6H6O.2ClH/c2*7-6-4-2-1-3-5-6;;/h2*1-5,7H;2*1H. The van der Waals surface area contributed by atoms with Crippen molar-refractivity contribution in [3.05, 3.63) is 60.7 Å². The van der Waals surface area contributed by atoms with Crippen molar-refractivity contribution in [2.45, 2.75) is 0 Å². The number of aromatic hydroxyl groups is 2. The topological polar surface area (TPSA) is 40.5 Å². The normalized spacial score (nSPS) is 7.50. The van der Waals surface area contributed by atoms with Crippen LogP contribution in [0.2, 0.25) is 0 Å². The highest BCUT2D eigenvalue weighted by atomic mass is 35.5. The van der Waals surface area contributed by atoms with Crippen molar-refractivity contribution in [2.75, 3.05) is 0 Å². The number of para-hydroxylation sites is 2. The number of phenolic OH excluding ortho intramolecular Hbond substituents is 2. The molecular weight excluding hydrogens is 247 g/mol. The second-order valence-corrected chi connectivity index (χ2v) is 2.67. The summed E-state index contributed by atoms with van der Waals surface area (Å²) >= 11 is 0. The average molecular weight is 261 g/mol. The Morgan fingerprint density at radius 2 is 0.750 bits per heavy atom. The number of benzene rings is 2. The predicted octanol–water partition coefficient (Wildman–Crippen LogP) is 3.63. The highest BCUT2D eigenvalue weighted by Crippen LogP contribution is 2.03. The zero-order valence-electron chi connectivity index (χ0n) is 8.48. The van der Waals surface area contributed by atoms with E-state index in [1.165, 1.54) is 0 Å². The van der Waals surface area contributed by atoms with E-state index in [9.17, 15) is 0 Å². The summed E-state index contributed by atoms with van der Waals surface area (Å²) in [6, 6.07) is 17.4. The van der Waals surface area contributed by atoms with Crippen molar-refractivity contribution in [1.29, 1.82) is 0 Å². The molecule has 2 rings (SSSR count). The van der Waals surface area contributed by atoms with Gasteiger partial charge >= 0.3 is 0 Å². The Kier molecular flexibility index (Phi) is 10.8. The maximum atomic E-state index is 8.63. The fraction of sp³-hybridized carbons (Fsp3) is 0. The summed E-state index contributed by atoms with van der Waals surface area (Å²) in [5, 5.41) is 17.3. The van der Waals surface area contributed by atoms with Crippen molar-refractivity contribution in [2.24, 2.45) is 0 Å². The van der Waals surface area contributed by atoms with Crippen molar-refractivity contribution < 1.29 is 10.2 Å². The molecule has 0 heterocycles. The molecule has 0 unspecified atom stereocenters. The minimum atomic E-state index is 0. The van der Waals surface area contributed by atoms with Gasteiger partial charge in [0.1, 0.15) is 11.5 Å². The minimum Gasteiger partial charge on any atom is -0.508 e. The molecule has 0 atom stereocenters. The molecule has 2 aromatic rings. The van der Waals surface area contributed by atoms with E-state index in [1.54, 1.807) is 48.5 Å². The molecule has 0 amide bonds. The fourth-order valence-corrected chi connectivity index (χ4v) is 0.856. The third-order valence-electron chi connectivity index (χ3n) is 1.51. The summed E-state index contributed by atoms with van der Waals surface area (Å²) in [6.07, 6.45) is 0. The van der Waals surface area contributed by atoms with E-state index >= 15 is 0 Å². The van der Waals surface area contributed by atoms with E-state index in [0.717, 1.165) is 0 Å². The average Bonchev–Trinajstić information content (AvgIpc) is 2.21. The van der Waals surface area contributed by atoms with Crippen LogP contribution >= 0.6 is 24.8 Å². The second kappa shape index (κ2) is 10.1. The quantitative estimate of drug-likeness (QED) is 0.760. The molecule has 16 heavy (non-hydrogen) atoms. The summed E-state index contributed by atoms with van der Waals surface area (Å²) in [7, 11) is 0. The van der Waals surface area contributed by atoms with E-state index in [1.807, 2.05) is 12.1 Å². The van der Waals surface area contributed by atoms with Gasteiger partial charge < -0.3 is 10.2 Å². The SMILES string of the molecule is Cl.Cl.Oc1ccccc1.Oc1ccccc1. The molecule has 0 fully saturated rings. The van der Waals surface area contributed by atoms with Crippen LogP contribution in [0.25, 0.3) is 0 Å². The summed E-state index contributed by atoms with van der Waals surface area (Å²) in [6.45, 7) is 0. The first-order valence-electron chi connectivity index (χ1n) is 4.27. The van der Waals surface area contributed by atoms with Crippen molar-refractivity contribution in [3.8, 4) is 11.5 Å². The lowest BCUT2D eigenvalue weighted by Gasteiger charge is -1.82. The number of halogens is 2. The Balaban J connectivity index is 0. The van der Waals surface area contributed by atoms with Gasteiger partial charge in [0.05, 0.1) is 0 Å². The smallest absolute Gasteiger partial charge is 0.115 e. The molecule has 0 aliphatic heterocycles. The highest BCUT2D eigenvalue weighted by molar-refractivity contribution is 5.85. The molecule has 0 aromatic heterocycles. The predicted molar refractivity (Wildman–Crippen MR) is 70.7 cm³/mol. The van der Waals surface area contributed by atoms with E-state index in [2.05, 4.69) is 0 Å². The van der Waals surface area contributed by atoms with Gasteiger partial charge in [0.25, 0.3) is 0 Å². The van der Waals surface area contributed by atoms with Gasteiger partial charge in [-0.05, 0) is 24.3 Å². The maximum Gasteiger partial charge on any atom is 0.115 e. The summed E-state index contributed by atoms with van der Waals surface area (Å²) < 4.78 is 0. The van der Waals surface area contributed by atoms with E-state index in [-0.39, 0.29) is 24.8 Å². The number of hydrogen-bond acceptors (Lipinski definition) is 2. The Bertz CT molecular complexity index is 314. The zero-order chi connectivity index (χ0) is 10.2. The van der Waals surface area contributed by atoms with Gasteiger partial charge in [0.2, 0.25) is 0 Å². The summed E-state index contributed by atoms with van der Waals surface area (Å²) in [5.74, 6) is 0.644. The maximum absolute atomic E-state index is 8.63. The van der Waals surface area contributed by atoms with Crippen LogP contribution in [0.5, 0.6) is 11.5 Å². The lowest BCUT2D eigenvalue weighted by molar-refractivity contribution is 0.475. The van der Waals surface area contributed by atoms with Crippen molar-refractivity contribution in [3.63, 3.8) is 0 Å². The first kappa shape index (κ1) is 17.0. The lowest BCUT2D eigenvalue weighted by atomic mass is 10.3. The fourth-order valence-electron chi connectivity index (χ4n) is 0.856. The van der Waals surface area contributed by atoms with Crippen LogP contribution in [-0.2, 0) is 0 Å². The van der Waals surface area contributed by atoms with E-state index in [0.29, 0.717) is 11.5 Å². The number of phenols is 2. The lowest BCUT2D eigenvalue weighted by Crippen LogP contribution is -1.56. The Morgan fingerprint density at radius 1 is 0.500 bits per heavy atom. The molecule has 0 spiro atoms. The number of hydrogen-bond donors (Lipinski definition) is 2. The Morgan fingerprint density at radius 3 is 0.875 bits per heavy atom. The monoisotopic (exact) mass is 260 g/mol. The number of rotatable bonds is 0. The minimum absolute atomic E-state index is 0. The van der Waals surface area contributed by atoms with Gasteiger partial charge in [-0.25, -0.2) is 0 Å². The molecule has 88 valence electrons. The largest absolute Gasteiger partial charge is 0.508 e. The molecule has 2 aromatic carbocycles. The van der Waals surface area contributed by atoms with Crippen LogP contribution in [0.3, 0.4) is 0 Å². The summed E-state index contributed by atoms with van der Waals surface area (Å²) in [5.41, 5.74) is 0. The molecule has 0 radical (unpaired) electrons. The highest BCUT2D eigenvalue weighted by Gasteiger charge is 1.75. The molecule has 0 saturated carbocycles. The molecular formula is C12H14Cl2O2. The molecule has 0 saturated heterocycles. The molecule has 2 nitrogen and oxygen atoms in total. The first-order chi connectivity index (χ1) is 6.79. The Hall–Kier alpha value is -1.38. The van der Waals surface area contributed by atoms with Crippen molar-refractivity contribution >= 4 is 24.8 Å². The van der Waals surface area contributed by atoms with E-state index < -0.39 is 0 Å². The molecule has 0 bridgehead atoms. The van der Waals surface area contributed by atoms with Gasteiger partial charge in [0.15, 0.2) is 0 Å². The van der Waals surface area contributed by atoms with Crippen molar-refractivity contribution in [1.82, 2.24) is 0 Å². The molecule has 0 aliphatic carbocycles. The van der Waals surface area contributed by atoms with Crippen LogP contribution in [0.1, 0.15) is 0 Å². The molecule has 2 N–H and O–H groups in total. The van der Waals surface area contributed by atoms with Crippen LogP contribution in [0.4, 0.5) is 0 Å². The second-order valence-electron chi connectivity index (χ2n) is 2.67. The van der Waals surface area contributed by atoms with Crippen LogP contribution < -0.4 is 0 Å².